The van der Waals surface area contributed by atoms with E-state index in [1.165, 1.54) is 0 Å². The van der Waals surface area contributed by atoms with Gasteiger partial charge in [0.2, 0.25) is 0 Å². The second kappa shape index (κ2) is 11.7. The van der Waals surface area contributed by atoms with Crippen molar-refractivity contribution in [3.63, 3.8) is 0 Å². The number of anilines is 1. The van der Waals surface area contributed by atoms with Gasteiger partial charge >= 0.3 is 6.03 Å². The fourth-order valence-electron chi connectivity index (χ4n) is 6.32. The fourth-order valence-corrected chi connectivity index (χ4v) is 6.32. The number of pyridine rings is 1. The van der Waals surface area contributed by atoms with Crippen LogP contribution in [0, 0.1) is 6.92 Å². The molecule has 1 aliphatic carbocycles. The number of hydrogen-bond donors (Lipinski definition) is 3. The zero-order chi connectivity index (χ0) is 31.1. The van der Waals surface area contributed by atoms with Gasteiger partial charge in [-0.2, -0.15) is 5.10 Å². The quantitative estimate of drug-likeness (QED) is 0.198. The number of hydrogen-bond acceptors (Lipinski definition) is 6. The van der Waals surface area contributed by atoms with Crippen molar-refractivity contribution in [1.82, 2.24) is 35.0 Å². The maximum atomic E-state index is 13.5. The summed E-state index contributed by atoms with van der Waals surface area (Å²) in [6, 6.07) is 22.0. The van der Waals surface area contributed by atoms with Crippen LogP contribution in [0.25, 0.3) is 11.3 Å². The summed E-state index contributed by atoms with van der Waals surface area (Å²) in [5, 5.41) is 23.5. The van der Waals surface area contributed by atoms with Gasteiger partial charge in [0.25, 0.3) is 0 Å². The molecule has 10 heteroatoms. The van der Waals surface area contributed by atoms with Gasteiger partial charge in [0.1, 0.15) is 17.7 Å². The molecule has 3 atom stereocenters. The Bertz CT molecular complexity index is 1830. The molecule has 1 saturated heterocycles. The van der Waals surface area contributed by atoms with Crippen LogP contribution in [0.3, 0.4) is 0 Å². The Labute approximate surface area is 263 Å². The van der Waals surface area contributed by atoms with E-state index in [2.05, 4.69) is 66.0 Å². The van der Waals surface area contributed by atoms with Crippen LogP contribution in [0.1, 0.15) is 92.9 Å². The van der Waals surface area contributed by atoms with Crippen LogP contribution in [0.4, 0.5) is 10.6 Å². The first kappa shape index (κ1) is 29.0. The van der Waals surface area contributed by atoms with Crippen molar-refractivity contribution >= 4 is 17.5 Å². The number of amides is 2. The molecule has 2 aromatic carbocycles. The molecule has 1 fully saturated rings. The first-order chi connectivity index (χ1) is 21.7. The predicted octanol–water partition coefficient (Wildman–Crippen LogP) is 6.72. The van der Waals surface area contributed by atoms with Gasteiger partial charge in [-0.05, 0) is 74.5 Å². The van der Waals surface area contributed by atoms with Gasteiger partial charge in [-0.25, -0.2) is 9.48 Å². The summed E-state index contributed by atoms with van der Waals surface area (Å²) in [6.07, 6.45) is 5.54. The zero-order valence-electron chi connectivity index (χ0n) is 26.2. The molecule has 3 N–H and O–H groups in total. The van der Waals surface area contributed by atoms with Crippen molar-refractivity contribution in [2.45, 2.75) is 77.0 Å². The summed E-state index contributed by atoms with van der Waals surface area (Å²) >= 11 is 0. The van der Waals surface area contributed by atoms with E-state index >= 15 is 0 Å². The van der Waals surface area contributed by atoms with Crippen molar-refractivity contribution in [2.24, 2.45) is 0 Å². The monoisotopic (exact) mass is 604 g/mol. The number of fused-ring (bicyclic) bond motifs is 2. The molecule has 3 aromatic heterocycles. The van der Waals surface area contributed by atoms with Gasteiger partial charge in [0, 0.05) is 11.5 Å². The highest BCUT2D eigenvalue weighted by Crippen LogP contribution is 2.39. The van der Waals surface area contributed by atoms with Crippen LogP contribution in [-0.2, 0) is 5.41 Å². The van der Waals surface area contributed by atoms with E-state index in [9.17, 15) is 4.79 Å². The molecule has 232 valence electrons. The first-order valence-corrected chi connectivity index (χ1v) is 15.8. The Kier molecular flexibility index (Phi) is 7.53. The molecule has 45 heavy (non-hydrogen) atoms. The Hall–Kier alpha value is -4.70. The average Bonchev–Trinajstić information content (AvgIpc) is 3.79. The van der Waals surface area contributed by atoms with E-state index in [0.29, 0.717) is 5.82 Å². The van der Waals surface area contributed by atoms with Gasteiger partial charge in [0.15, 0.2) is 11.5 Å². The number of aryl methyl sites for hydroxylation is 1. The second-order valence-corrected chi connectivity index (χ2v) is 13.2. The van der Waals surface area contributed by atoms with Gasteiger partial charge in [-0.3, -0.25) is 9.72 Å². The van der Waals surface area contributed by atoms with Crippen molar-refractivity contribution in [3.8, 4) is 11.4 Å². The van der Waals surface area contributed by atoms with Crippen LogP contribution in [-0.4, -0.2) is 37.0 Å². The zero-order valence-corrected chi connectivity index (χ0v) is 26.2. The summed E-state index contributed by atoms with van der Waals surface area (Å²) in [5.41, 5.74) is 5.74. The molecule has 5 aromatic rings. The second-order valence-electron chi connectivity index (χ2n) is 13.2. The fraction of sp³-hybridized carbons (Fsp3) is 0.371. The molecule has 4 heterocycles. The van der Waals surface area contributed by atoms with Crippen LogP contribution in [0.2, 0.25) is 0 Å². The van der Waals surface area contributed by atoms with E-state index in [1.807, 2.05) is 65.2 Å². The number of benzene rings is 2. The third kappa shape index (κ3) is 5.90. The van der Waals surface area contributed by atoms with Gasteiger partial charge < -0.3 is 15.4 Å². The number of carbonyl (C=O) groups is 1. The number of urea groups is 1. The van der Waals surface area contributed by atoms with E-state index < -0.39 is 0 Å². The van der Waals surface area contributed by atoms with Crippen LogP contribution >= 0.6 is 0 Å². The van der Waals surface area contributed by atoms with Crippen molar-refractivity contribution < 1.29 is 9.53 Å². The molecule has 0 saturated carbocycles. The Morgan fingerprint density at radius 1 is 0.978 bits per heavy atom. The van der Waals surface area contributed by atoms with Crippen LogP contribution in [0.5, 0.6) is 5.75 Å². The summed E-state index contributed by atoms with van der Waals surface area (Å²) in [6.45, 7) is 9.40. The summed E-state index contributed by atoms with van der Waals surface area (Å²) in [7, 11) is 0. The van der Waals surface area contributed by atoms with Crippen LogP contribution < -0.4 is 20.7 Å². The van der Waals surface area contributed by atoms with Crippen molar-refractivity contribution in [3.05, 3.63) is 101 Å². The van der Waals surface area contributed by atoms with Crippen molar-refractivity contribution in [2.75, 3.05) is 11.9 Å². The molecule has 2 aliphatic rings. The van der Waals surface area contributed by atoms with Gasteiger partial charge in [-0.1, -0.05) is 62.7 Å². The summed E-state index contributed by atoms with van der Waals surface area (Å²) < 4.78 is 10.4. The van der Waals surface area contributed by atoms with E-state index in [4.69, 9.17) is 9.84 Å². The topological polar surface area (TPSA) is 110 Å². The molecule has 2 amide bonds. The molecule has 0 unspecified atom stereocenters. The van der Waals surface area contributed by atoms with Gasteiger partial charge in [-0.15, -0.1) is 10.2 Å². The Morgan fingerprint density at radius 3 is 2.53 bits per heavy atom. The number of rotatable bonds is 6. The van der Waals surface area contributed by atoms with Crippen molar-refractivity contribution in [1.29, 1.82) is 0 Å². The molecule has 1 aliphatic heterocycles. The number of nitrogens with one attached hydrogen (secondary N) is 3. The maximum Gasteiger partial charge on any atom is 0.320 e. The molecule has 0 spiro atoms. The SMILES string of the molecule is Cc1ccc(-n2nc(C(C)(C)C)cc2NC(=O)N[C@H]2CC[C@@H](Oc3ccc4nnc([C@@H]5CCCN5)n4c3)c3ccccc32)cc1. The number of aromatic nitrogens is 5. The van der Waals surface area contributed by atoms with E-state index in [-0.39, 0.29) is 29.6 Å². The molecule has 0 bridgehead atoms. The van der Waals surface area contributed by atoms with E-state index in [1.54, 1.807) is 4.68 Å². The summed E-state index contributed by atoms with van der Waals surface area (Å²) in [4.78, 5) is 13.5. The number of carbonyl (C=O) groups excluding carboxylic acids is 1. The van der Waals surface area contributed by atoms with Crippen LogP contribution in [0.15, 0.2) is 72.9 Å². The minimum atomic E-state index is -0.269. The first-order valence-electron chi connectivity index (χ1n) is 15.8. The third-order valence-electron chi connectivity index (χ3n) is 8.79. The Morgan fingerprint density at radius 2 is 1.78 bits per heavy atom. The summed E-state index contributed by atoms with van der Waals surface area (Å²) in [5.74, 6) is 2.32. The third-order valence-corrected chi connectivity index (χ3v) is 8.79. The standard InChI is InChI=1S/C35H40N8O2/c1-22-11-13-23(14-12-22)43-32(20-30(41-43)35(2,3)4)38-34(44)37-27-16-17-29(26-9-6-5-8-25(26)27)45-24-15-18-31-39-40-33(42(31)21-24)28-10-7-19-36-28/h5-6,8-9,11-15,18,20-21,27-29,36H,7,10,16-17,19H2,1-4H3,(H2,37,38,44)/t27-,28-,29+/m0/s1. The Balaban J connectivity index is 1.09. The van der Waals surface area contributed by atoms with Gasteiger partial charge in [0.05, 0.1) is 29.7 Å². The largest absolute Gasteiger partial charge is 0.484 e. The minimum Gasteiger partial charge on any atom is -0.484 e. The molecule has 7 rings (SSSR count). The smallest absolute Gasteiger partial charge is 0.320 e. The lowest BCUT2D eigenvalue weighted by atomic mass is 9.85. The highest BCUT2D eigenvalue weighted by molar-refractivity contribution is 5.89. The highest BCUT2D eigenvalue weighted by Gasteiger charge is 2.30. The lowest BCUT2D eigenvalue weighted by molar-refractivity contribution is 0.171. The lowest BCUT2D eigenvalue weighted by Gasteiger charge is -2.32. The maximum absolute atomic E-state index is 13.5. The minimum absolute atomic E-state index is 0.137. The highest BCUT2D eigenvalue weighted by atomic mass is 16.5. The molecule has 0 radical (unpaired) electrons. The lowest BCUT2D eigenvalue weighted by Crippen LogP contribution is -2.36. The number of ether oxygens (including phenoxy) is 1. The predicted molar refractivity (Wildman–Crippen MR) is 174 cm³/mol. The molecule has 10 nitrogen and oxygen atoms in total. The molecular weight excluding hydrogens is 564 g/mol. The molecular formula is C35H40N8O2. The van der Waals surface area contributed by atoms with E-state index in [0.717, 1.165) is 77.5 Å². The average molecular weight is 605 g/mol. The number of nitrogens with zero attached hydrogens (tertiary/aromatic N) is 5. The normalized spacial score (nSPS) is 19.8.